The Bertz CT molecular complexity index is 1760. The van der Waals surface area contributed by atoms with E-state index >= 15 is 0 Å². The van der Waals surface area contributed by atoms with Crippen molar-refractivity contribution in [2.45, 2.75) is 37.7 Å². The maximum absolute atomic E-state index is 13.6. The van der Waals surface area contributed by atoms with E-state index in [0.717, 1.165) is 29.0 Å². The molecule has 0 aliphatic carbocycles. The van der Waals surface area contributed by atoms with Gasteiger partial charge in [0, 0.05) is 35.4 Å². The van der Waals surface area contributed by atoms with Crippen LogP contribution in [0.1, 0.15) is 52.5 Å². The predicted octanol–water partition coefficient (Wildman–Crippen LogP) is 4.91. The van der Waals surface area contributed by atoms with Crippen molar-refractivity contribution in [3.8, 4) is 0 Å². The summed E-state index contributed by atoms with van der Waals surface area (Å²) in [5.41, 5.74) is 0.151. The second-order valence-corrected chi connectivity index (χ2v) is 10.6. The molecule has 1 amide bonds. The fourth-order valence-corrected chi connectivity index (χ4v) is 5.04. The first-order valence-corrected chi connectivity index (χ1v) is 13.3. The van der Waals surface area contributed by atoms with Crippen LogP contribution in [0.15, 0.2) is 71.6 Å². The molecule has 2 N–H and O–H groups in total. The van der Waals surface area contributed by atoms with Gasteiger partial charge in [0.05, 0.1) is 29.8 Å². The molecule has 0 saturated heterocycles. The molecule has 38 heavy (non-hydrogen) atoms. The lowest BCUT2D eigenvalue weighted by Crippen LogP contribution is -2.30. The first-order valence-electron chi connectivity index (χ1n) is 14.3. The van der Waals surface area contributed by atoms with Gasteiger partial charge in [-0.2, -0.15) is 0 Å². The molecule has 0 unspecified atom stereocenters. The summed E-state index contributed by atoms with van der Waals surface area (Å²) in [6.45, 7) is -2.69. The number of fused-ring (bicyclic) bond motifs is 1. The highest BCUT2D eigenvalue weighted by molar-refractivity contribution is 7.91. The normalized spacial score (nSPS) is 15.2. The van der Waals surface area contributed by atoms with Crippen LogP contribution in [0.5, 0.6) is 0 Å². The number of aryl methyl sites for hydroxylation is 2. The molecule has 0 radical (unpaired) electrons. The third kappa shape index (κ3) is 5.79. The number of nitrogens with zero attached hydrogens (tertiary/aromatic N) is 1. The summed E-state index contributed by atoms with van der Waals surface area (Å²) < 4.78 is 91.1. The van der Waals surface area contributed by atoms with Crippen LogP contribution in [0.4, 0.5) is 8.78 Å². The number of aromatic nitrogens is 1. The number of aliphatic hydroxyl groups excluding tert-OH is 1. The van der Waals surface area contributed by atoms with Gasteiger partial charge >= 0.3 is 0 Å². The molecule has 1 aromatic heterocycles. The number of aliphatic hydroxyl groups is 1. The topological polar surface area (TPSA) is 88.4 Å². The Kier molecular flexibility index (Phi) is 6.44. The van der Waals surface area contributed by atoms with Crippen molar-refractivity contribution in [2.75, 3.05) is 19.0 Å². The Labute approximate surface area is 227 Å². The van der Waals surface area contributed by atoms with E-state index in [1.807, 2.05) is 6.07 Å². The van der Waals surface area contributed by atoms with E-state index in [2.05, 4.69) is 5.32 Å². The molecule has 0 saturated carbocycles. The number of carbonyl (C=O) groups excluding carboxylic acids is 1. The van der Waals surface area contributed by atoms with Crippen LogP contribution < -0.4 is 5.32 Å². The molecule has 1 heterocycles. The number of benzene rings is 3. The average Bonchev–Trinajstić information content (AvgIpc) is 3.28. The van der Waals surface area contributed by atoms with Gasteiger partial charge in [-0.15, -0.1) is 0 Å². The van der Waals surface area contributed by atoms with E-state index in [0.29, 0.717) is 22.9 Å². The lowest BCUT2D eigenvalue weighted by molar-refractivity contribution is 0.0916. The Morgan fingerprint density at radius 2 is 1.89 bits per heavy atom. The molecular formula is C29H30F2N2O4S. The number of nitrogens with one attached hydrogen (secondary N) is 1. The van der Waals surface area contributed by atoms with E-state index in [4.69, 9.17) is 6.85 Å². The van der Waals surface area contributed by atoms with Crippen LogP contribution >= 0.6 is 0 Å². The van der Waals surface area contributed by atoms with Crippen molar-refractivity contribution in [3.05, 3.63) is 100 Å². The van der Waals surface area contributed by atoms with Gasteiger partial charge < -0.3 is 15.0 Å². The molecule has 0 fully saturated rings. The highest BCUT2D eigenvalue weighted by atomic mass is 32.2. The van der Waals surface area contributed by atoms with Gasteiger partial charge in [0.1, 0.15) is 12.5 Å². The van der Waals surface area contributed by atoms with E-state index < -0.39 is 52.5 Å². The van der Waals surface area contributed by atoms with Crippen molar-refractivity contribution in [2.24, 2.45) is 0 Å². The summed E-state index contributed by atoms with van der Waals surface area (Å²) >= 11 is 0. The minimum atomic E-state index is -4.88. The molecule has 6 nitrogen and oxygen atoms in total. The minimum absolute atomic E-state index is 0.0941. The largest absolute Gasteiger partial charge is 0.394 e. The fourth-order valence-electron chi connectivity index (χ4n) is 4.43. The second kappa shape index (κ2) is 11.4. The Morgan fingerprint density at radius 3 is 2.55 bits per heavy atom. The maximum Gasteiger partial charge on any atom is 0.251 e. The van der Waals surface area contributed by atoms with Crippen LogP contribution in [0.2, 0.25) is 0 Å². The van der Waals surface area contributed by atoms with E-state index in [-0.39, 0.29) is 17.9 Å². The second-order valence-electron chi connectivity index (χ2n) is 8.88. The fraction of sp³-hybridized carbons (Fsp3) is 0.276. The molecule has 1 atom stereocenters. The third-order valence-electron chi connectivity index (χ3n) is 6.45. The highest BCUT2D eigenvalue weighted by Gasteiger charge is 2.19. The number of carbonyl (C=O) groups is 1. The molecular weight excluding hydrogens is 510 g/mol. The maximum atomic E-state index is 13.6. The SMILES string of the molecule is [2H]C([2H])([2H])C([2H])([2H])S(=O)(=O)c1ccc([C@H](CO)NC(=O)c2ccc3c(c2)cc(Cc2ccc(F)cc2C)n3CCF)cc1. The smallest absolute Gasteiger partial charge is 0.251 e. The first kappa shape index (κ1) is 21.4. The number of sulfone groups is 1. The number of rotatable bonds is 10. The molecule has 0 aliphatic rings. The number of alkyl halides is 1. The zero-order valence-electron chi connectivity index (χ0n) is 25.5. The molecule has 3 aromatic carbocycles. The van der Waals surface area contributed by atoms with Crippen molar-refractivity contribution < 1.29 is 34.0 Å². The van der Waals surface area contributed by atoms with Gasteiger partial charge in [-0.3, -0.25) is 4.79 Å². The monoisotopic (exact) mass is 545 g/mol. The summed E-state index contributed by atoms with van der Waals surface area (Å²) in [7, 11) is -4.88. The molecule has 9 heteroatoms. The number of halogens is 2. The summed E-state index contributed by atoms with van der Waals surface area (Å²) in [5.74, 6) is -0.898. The molecule has 4 aromatic rings. The zero-order valence-corrected chi connectivity index (χ0v) is 21.4. The standard InChI is InChI=1S/C29H30F2N2O4S/c1-3-38(36,37)26-9-5-20(6-10-26)27(18-34)32-29(35)22-7-11-28-23(15-22)17-25(33(28)13-12-30)16-21-4-8-24(31)14-19(21)2/h4-11,14-15,17,27,34H,3,12-13,16,18H2,1-2H3,(H,32,35)/t27-/m0/s1/i1D3,3D2. The van der Waals surface area contributed by atoms with Gasteiger partial charge in [0.2, 0.25) is 0 Å². The van der Waals surface area contributed by atoms with Gasteiger partial charge in [-0.25, -0.2) is 17.2 Å². The van der Waals surface area contributed by atoms with Crippen molar-refractivity contribution in [1.82, 2.24) is 9.88 Å². The first-order chi connectivity index (χ1) is 20.1. The minimum Gasteiger partial charge on any atom is -0.394 e. The molecule has 4 rings (SSSR count). The van der Waals surface area contributed by atoms with Gasteiger partial charge in [-0.1, -0.05) is 25.1 Å². The lowest BCUT2D eigenvalue weighted by atomic mass is 10.0. The van der Waals surface area contributed by atoms with Crippen LogP contribution in [-0.4, -0.2) is 43.0 Å². The molecule has 0 bridgehead atoms. The zero-order chi connectivity index (χ0) is 31.7. The summed E-state index contributed by atoms with van der Waals surface area (Å²) in [6, 6.07) is 14.8. The molecule has 0 spiro atoms. The van der Waals surface area contributed by atoms with Crippen LogP contribution in [-0.2, 0) is 22.8 Å². The van der Waals surface area contributed by atoms with Gasteiger partial charge in [0.25, 0.3) is 5.91 Å². The summed E-state index contributed by atoms with van der Waals surface area (Å²) in [4.78, 5) is 12.6. The van der Waals surface area contributed by atoms with Crippen LogP contribution in [0, 0.1) is 12.7 Å². The van der Waals surface area contributed by atoms with Crippen molar-refractivity contribution in [1.29, 1.82) is 0 Å². The summed E-state index contributed by atoms with van der Waals surface area (Å²) in [6.07, 6.45) is 0.425. The van der Waals surface area contributed by atoms with Gasteiger partial charge in [0.15, 0.2) is 9.84 Å². The van der Waals surface area contributed by atoms with Crippen molar-refractivity contribution in [3.63, 3.8) is 0 Å². The van der Waals surface area contributed by atoms with E-state index in [1.54, 1.807) is 35.8 Å². The lowest BCUT2D eigenvalue weighted by Gasteiger charge is -2.17. The Morgan fingerprint density at radius 1 is 1.13 bits per heavy atom. The summed E-state index contributed by atoms with van der Waals surface area (Å²) in [5, 5.41) is 13.3. The third-order valence-corrected chi connectivity index (χ3v) is 7.61. The molecule has 200 valence electrons. The quantitative estimate of drug-likeness (QED) is 0.297. The number of hydrogen-bond donors (Lipinski definition) is 2. The van der Waals surface area contributed by atoms with Crippen LogP contribution in [0.3, 0.4) is 0 Å². The Hall–Kier alpha value is -3.56. The molecule has 0 aliphatic heterocycles. The average molecular weight is 546 g/mol. The number of hydrogen-bond acceptors (Lipinski definition) is 4. The van der Waals surface area contributed by atoms with Crippen molar-refractivity contribution >= 4 is 26.6 Å². The predicted molar refractivity (Wildman–Crippen MR) is 143 cm³/mol. The van der Waals surface area contributed by atoms with E-state index in [9.17, 15) is 27.1 Å². The van der Waals surface area contributed by atoms with Crippen LogP contribution in [0.25, 0.3) is 10.9 Å². The van der Waals surface area contributed by atoms with E-state index in [1.165, 1.54) is 24.3 Å². The highest BCUT2D eigenvalue weighted by Crippen LogP contribution is 2.26. The Balaban J connectivity index is 1.57. The number of amides is 1. The van der Waals surface area contributed by atoms with Gasteiger partial charge in [-0.05, 0) is 72.1 Å².